The number of nitrogens with zero attached hydrogens (tertiary/aromatic N) is 5. The van der Waals surface area contributed by atoms with E-state index in [9.17, 15) is 0 Å². The predicted octanol–water partition coefficient (Wildman–Crippen LogP) is 2.56. The van der Waals surface area contributed by atoms with E-state index in [0.717, 1.165) is 56.7 Å². The Bertz CT molecular complexity index is 650. The van der Waals surface area contributed by atoms with Crippen molar-refractivity contribution in [3.8, 4) is 0 Å². The minimum Gasteiger partial charge on any atom is -0.352 e. The van der Waals surface area contributed by atoms with Crippen LogP contribution in [-0.2, 0) is 6.54 Å². The molecular weight excluding hydrogens is 298 g/mol. The number of piperazine rings is 1. The molecule has 1 aliphatic heterocycles. The van der Waals surface area contributed by atoms with Crippen LogP contribution in [0.1, 0.15) is 18.2 Å². The number of aromatic nitrogens is 2. The zero-order chi connectivity index (χ0) is 16.9. The zero-order valence-electron chi connectivity index (χ0n) is 14.9. The second-order valence-electron chi connectivity index (χ2n) is 6.46. The van der Waals surface area contributed by atoms with Gasteiger partial charge < -0.3 is 14.7 Å². The summed E-state index contributed by atoms with van der Waals surface area (Å²) in [6.07, 6.45) is 0. The molecule has 24 heavy (non-hydrogen) atoms. The summed E-state index contributed by atoms with van der Waals surface area (Å²) in [6.45, 7) is 10.1. The monoisotopic (exact) mass is 325 g/mol. The maximum atomic E-state index is 4.87. The molecule has 0 aliphatic carbocycles. The van der Waals surface area contributed by atoms with E-state index in [1.807, 2.05) is 0 Å². The Kier molecular flexibility index (Phi) is 5.30. The molecule has 0 unspecified atom stereocenters. The molecular formula is C19H27N5. The molecule has 0 radical (unpaired) electrons. The lowest BCUT2D eigenvalue weighted by molar-refractivity contribution is 0.311. The van der Waals surface area contributed by atoms with Crippen molar-refractivity contribution in [1.29, 1.82) is 0 Å². The summed E-state index contributed by atoms with van der Waals surface area (Å²) in [6, 6.07) is 12.6. The van der Waals surface area contributed by atoms with Crippen molar-refractivity contribution in [3.05, 3.63) is 47.7 Å². The third-order valence-corrected chi connectivity index (χ3v) is 4.54. The average molecular weight is 325 g/mol. The third kappa shape index (κ3) is 4.03. The second kappa shape index (κ2) is 7.62. The first-order chi connectivity index (χ1) is 11.7. The van der Waals surface area contributed by atoms with E-state index < -0.39 is 0 Å². The van der Waals surface area contributed by atoms with E-state index in [1.165, 1.54) is 5.56 Å². The maximum Gasteiger partial charge on any atom is 0.227 e. The molecule has 0 saturated carbocycles. The maximum absolute atomic E-state index is 4.87. The Labute approximate surface area is 144 Å². The summed E-state index contributed by atoms with van der Waals surface area (Å²) in [4.78, 5) is 16.5. The minimum atomic E-state index is 0.865. The van der Waals surface area contributed by atoms with Crippen molar-refractivity contribution in [2.45, 2.75) is 20.4 Å². The summed E-state index contributed by atoms with van der Waals surface area (Å²) in [7, 11) is 2.17. The standard InChI is InChI=1S/C19H27N5/c1-4-23(15-17-8-6-5-7-9-17)18-14-16(2)20-19(21-18)24-12-10-22(3)11-13-24/h5-9,14H,4,10-13,15H2,1-3H3. The quantitative estimate of drug-likeness (QED) is 0.844. The fourth-order valence-electron chi connectivity index (χ4n) is 3.01. The van der Waals surface area contributed by atoms with Crippen LogP contribution in [0.5, 0.6) is 0 Å². The van der Waals surface area contributed by atoms with Crippen LogP contribution >= 0.6 is 0 Å². The first kappa shape index (κ1) is 16.7. The molecule has 1 aromatic heterocycles. The highest BCUT2D eigenvalue weighted by molar-refractivity contribution is 5.46. The van der Waals surface area contributed by atoms with Gasteiger partial charge in [-0.2, -0.15) is 4.98 Å². The van der Waals surface area contributed by atoms with Crippen LogP contribution in [0.2, 0.25) is 0 Å². The van der Waals surface area contributed by atoms with Gasteiger partial charge in [-0.15, -0.1) is 0 Å². The van der Waals surface area contributed by atoms with E-state index in [1.54, 1.807) is 0 Å². The normalized spacial score (nSPS) is 15.5. The molecule has 1 saturated heterocycles. The Morgan fingerprint density at radius 3 is 2.42 bits per heavy atom. The number of likely N-dealkylation sites (N-methyl/N-ethyl adjacent to an activating group) is 1. The molecule has 3 rings (SSSR count). The topological polar surface area (TPSA) is 35.5 Å². The summed E-state index contributed by atoms with van der Waals surface area (Å²) in [5.74, 6) is 1.88. The highest BCUT2D eigenvalue weighted by atomic mass is 15.3. The number of hydrogen-bond donors (Lipinski definition) is 0. The van der Waals surface area contributed by atoms with E-state index in [-0.39, 0.29) is 0 Å². The molecule has 2 aromatic rings. The zero-order valence-corrected chi connectivity index (χ0v) is 14.9. The number of benzene rings is 1. The second-order valence-corrected chi connectivity index (χ2v) is 6.46. The number of rotatable bonds is 5. The highest BCUT2D eigenvalue weighted by Gasteiger charge is 2.18. The molecule has 5 heteroatoms. The van der Waals surface area contributed by atoms with Gasteiger partial charge in [0.25, 0.3) is 0 Å². The van der Waals surface area contributed by atoms with Crippen molar-refractivity contribution in [2.24, 2.45) is 0 Å². The fraction of sp³-hybridized carbons (Fsp3) is 0.474. The molecule has 0 N–H and O–H groups in total. The van der Waals surface area contributed by atoms with Gasteiger partial charge in [0.1, 0.15) is 5.82 Å². The lowest BCUT2D eigenvalue weighted by Crippen LogP contribution is -2.45. The predicted molar refractivity (Wildman–Crippen MR) is 99.6 cm³/mol. The largest absolute Gasteiger partial charge is 0.352 e. The van der Waals surface area contributed by atoms with Crippen LogP contribution in [0.25, 0.3) is 0 Å². The summed E-state index contributed by atoms with van der Waals surface area (Å²) in [5, 5.41) is 0. The van der Waals surface area contributed by atoms with Crippen LogP contribution in [0.4, 0.5) is 11.8 Å². The van der Waals surface area contributed by atoms with Gasteiger partial charge >= 0.3 is 0 Å². The average Bonchev–Trinajstić information content (AvgIpc) is 2.60. The van der Waals surface area contributed by atoms with Crippen molar-refractivity contribution in [1.82, 2.24) is 14.9 Å². The first-order valence-corrected chi connectivity index (χ1v) is 8.73. The van der Waals surface area contributed by atoms with E-state index in [0.29, 0.717) is 0 Å². The molecule has 128 valence electrons. The Morgan fingerprint density at radius 2 is 1.75 bits per heavy atom. The van der Waals surface area contributed by atoms with E-state index in [4.69, 9.17) is 4.98 Å². The molecule has 0 atom stereocenters. The lowest BCUT2D eigenvalue weighted by atomic mass is 10.2. The molecule has 1 fully saturated rings. The smallest absolute Gasteiger partial charge is 0.227 e. The van der Waals surface area contributed by atoms with Crippen LogP contribution in [0, 0.1) is 6.92 Å². The summed E-state index contributed by atoms with van der Waals surface area (Å²) < 4.78 is 0. The van der Waals surface area contributed by atoms with Gasteiger partial charge in [0.05, 0.1) is 0 Å². The highest BCUT2D eigenvalue weighted by Crippen LogP contribution is 2.20. The van der Waals surface area contributed by atoms with Gasteiger partial charge in [-0.05, 0) is 26.5 Å². The fourth-order valence-corrected chi connectivity index (χ4v) is 3.01. The lowest BCUT2D eigenvalue weighted by Gasteiger charge is -2.33. The van der Waals surface area contributed by atoms with Crippen LogP contribution in [0.3, 0.4) is 0 Å². The molecule has 0 spiro atoms. The van der Waals surface area contributed by atoms with Crippen molar-refractivity contribution >= 4 is 11.8 Å². The number of hydrogen-bond acceptors (Lipinski definition) is 5. The van der Waals surface area contributed by atoms with Crippen molar-refractivity contribution in [2.75, 3.05) is 49.6 Å². The van der Waals surface area contributed by atoms with E-state index in [2.05, 4.69) is 77.0 Å². The van der Waals surface area contributed by atoms with Gasteiger partial charge in [-0.1, -0.05) is 30.3 Å². The van der Waals surface area contributed by atoms with Gasteiger partial charge in [0, 0.05) is 51.0 Å². The molecule has 1 aromatic carbocycles. The van der Waals surface area contributed by atoms with Crippen molar-refractivity contribution < 1.29 is 0 Å². The minimum absolute atomic E-state index is 0.865. The van der Waals surface area contributed by atoms with E-state index >= 15 is 0 Å². The van der Waals surface area contributed by atoms with Gasteiger partial charge in [-0.25, -0.2) is 4.98 Å². The summed E-state index contributed by atoms with van der Waals surface area (Å²) >= 11 is 0. The molecule has 0 bridgehead atoms. The van der Waals surface area contributed by atoms with Crippen LogP contribution < -0.4 is 9.80 Å². The first-order valence-electron chi connectivity index (χ1n) is 8.73. The third-order valence-electron chi connectivity index (χ3n) is 4.54. The molecule has 2 heterocycles. The van der Waals surface area contributed by atoms with Crippen molar-refractivity contribution in [3.63, 3.8) is 0 Å². The Balaban J connectivity index is 1.81. The van der Waals surface area contributed by atoms with Gasteiger partial charge in [0.2, 0.25) is 5.95 Å². The molecule has 1 aliphatic rings. The number of aryl methyl sites for hydroxylation is 1. The van der Waals surface area contributed by atoms with Crippen LogP contribution in [0.15, 0.2) is 36.4 Å². The Morgan fingerprint density at radius 1 is 1.04 bits per heavy atom. The molecule has 0 amide bonds. The SMILES string of the molecule is CCN(Cc1ccccc1)c1cc(C)nc(N2CCN(C)CC2)n1. The van der Waals surface area contributed by atoms with Gasteiger partial charge in [-0.3, -0.25) is 0 Å². The number of anilines is 2. The Hall–Kier alpha value is -2.14. The summed E-state index contributed by atoms with van der Waals surface area (Å²) in [5.41, 5.74) is 2.33. The van der Waals surface area contributed by atoms with Gasteiger partial charge in [0.15, 0.2) is 0 Å². The molecule has 5 nitrogen and oxygen atoms in total. The van der Waals surface area contributed by atoms with Crippen LogP contribution in [-0.4, -0.2) is 54.6 Å².